The van der Waals surface area contributed by atoms with Crippen molar-refractivity contribution in [3.8, 4) is 0 Å². The number of hydrogen-bond donors (Lipinski definition) is 0. The molecule has 0 N–H and O–H groups in total. The molecule has 1 heteroatoms. The Morgan fingerprint density at radius 1 is 0.706 bits per heavy atom. The van der Waals surface area contributed by atoms with E-state index in [1.54, 1.807) is 12.5 Å². The molecule has 0 aliphatic carbocycles. The molecule has 17 heavy (non-hydrogen) atoms. The van der Waals surface area contributed by atoms with Crippen LogP contribution in [-0.2, 0) is 4.74 Å². The van der Waals surface area contributed by atoms with Gasteiger partial charge in [0.25, 0.3) is 0 Å². The summed E-state index contributed by atoms with van der Waals surface area (Å²) in [6.45, 7) is 4.40. The van der Waals surface area contributed by atoms with E-state index in [1.165, 1.54) is 25.7 Å². The molecule has 0 amide bonds. The lowest BCUT2D eigenvalue weighted by Crippen LogP contribution is -1.67. The summed E-state index contributed by atoms with van der Waals surface area (Å²) in [7, 11) is 0. The van der Waals surface area contributed by atoms with Crippen molar-refractivity contribution in [2.45, 2.75) is 52.4 Å². The molecule has 0 rings (SSSR count). The zero-order chi connectivity index (χ0) is 12.6. The van der Waals surface area contributed by atoms with E-state index in [0.29, 0.717) is 0 Å². The summed E-state index contributed by atoms with van der Waals surface area (Å²) in [6.07, 6.45) is 22.9. The van der Waals surface area contributed by atoms with Crippen LogP contribution in [0.1, 0.15) is 52.4 Å². The van der Waals surface area contributed by atoms with Crippen LogP contribution in [0.5, 0.6) is 0 Å². The molecule has 0 saturated heterocycles. The highest BCUT2D eigenvalue weighted by molar-refractivity contribution is 5.02. The van der Waals surface area contributed by atoms with Gasteiger partial charge in [0.05, 0.1) is 12.5 Å². The van der Waals surface area contributed by atoms with Gasteiger partial charge in [-0.25, -0.2) is 0 Å². The number of unbranched alkanes of at least 4 members (excludes halogenated alkanes) is 4. The fraction of sp³-hybridized carbons (Fsp3) is 0.500. The lowest BCUT2D eigenvalue weighted by molar-refractivity contribution is 0.403. The first-order chi connectivity index (χ1) is 8.41. The summed E-state index contributed by atoms with van der Waals surface area (Å²) in [4.78, 5) is 0. The molecule has 0 saturated carbocycles. The van der Waals surface area contributed by atoms with Gasteiger partial charge in [-0.15, -0.1) is 0 Å². The summed E-state index contributed by atoms with van der Waals surface area (Å²) >= 11 is 0. The third kappa shape index (κ3) is 14.8. The van der Waals surface area contributed by atoms with Gasteiger partial charge in [-0.2, -0.15) is 0 Å². The third-order valence-electron chi connectivity index (χ3n) is 2.26. The second-order valence-corrected chi connectivity index (χ2v) is 3.93. The molecule has 0 bridgehead atoms. The Hall–Kier alpha value is -1.24. The topological polar surface area (TPSA) is 9.23 Å². The smallest absolute Gasteiger partial charge is 0.0901 e. The molecule has 0 atom stereocenters. The lowest BCUT2D eigenvalue weighted by atomic mass is 10.2. The molecule has 1 nitrogen and oxygen atoms in total. The average Bonchev–Trinajstić information content (AvgIpc) is 2.35. The Morgan fingerprint density at radius 3 is 1.59 bits per heavy atom. The van der Waals surface area contributed by atoms with Crippen molar-refractivity contribution in [2.75, 3.05) is 0 Å². The highest BCUT2D eigenvalue weighted by Crippen LogP contribution is 1.96. The molecule has 0 unspecified atom stereocenters. The van der Waals surface area contributed by atoms with Crippen molar-refractivity contribution in [3.05, 3.63) is 49.0 Å². The maximum absolute atomic E-state index is 5.18. The molecule has 0 aliphatic rings. The summed E-state index contributed by atoms with van der Waals surface area (Å²) in [6, 6.07) is 0. The van der Waals surface area contributed by atoms with Gasteiger partial charge in [-0.3, -0.25) is 0 Å². The number of ether oxygens (including phenoxy) is 1. The highest BCUT2D eigenvalue weighted by atomic mass is 16.5. The number of allylic oxidation sites excluding steroid dienone is 6. The molecule has 0 aromatic carbocycles. The van der Waals surface area contributed by atoms with Gasteiger partial charge in [0.15, 0.2) is 0 Å². The van der Waals surface area contributed by atoms with E-state index in [1.807, 2.05) is 24.3 Å². The fourth-order valence-corrected chi connectivity index (χ4v) is 1.22. The first-order valence-corrected chi connectivity index (χ1v) is 6.70. The first kappa shape index (κ1) is 15.8. The van der Waals surface area contributed by atoms with Gasteiger partial charge >= 0.3 is 0 Å². The van der Waals surface area contributed by atoms with Crippen LogP contribution in [0.15, 0.2) is 49.0 Å². The lowest BCUT2D eigenvalue weighted by Gasteiger charge is -1.88. The predicted octanol–water partition coefficient (Wildman–Crippen LogP) is 5.52. The molecule has 96 valence electrons. The first-order valence-electron chi connectivity index (χ1n) is 6.70. The van der Waals surface area contributed by atoms with Crippen molar-refractivity contribution < 1.29 is 4.74 Å². The van der Waals surface area contributed by atoms with Crippen LogP contribution in [-0.4, -0.2) is 0 Å². The maximum Gasteiger partial charge on any atom is 0.0901 e. The second kappa shape index (κ2) is 14.8. The number of rotatable bonds is 10. The molecule has 0 spiro atoms. The van der Waals surface area contributed by atoms with Gasteiger partial charge in [-0.1, -0.05) is 63.8 Å². The molecule has 0 aliphatic heterocycles. The van der Waals surface area contributed by atoms with Crippen LogP contribution in [0.25, 0.3) is 0 Å². The van der Waals surface area contributed by atoms with Crippen LogP contribution in [0, 0.1) is 0 Å². The highest BCUT2D eigenvalue weighted by Gasteiger charge is 1.76. The third-order valence-corrected chi connectivity index (χ3v) is 2.26. The van der Waals surface area contributed by atoms with E-state index in [-0.39, 0.29) is 0 Å². The van der Waals surface area contributed by atoms with E-state index in [9.17, 15) is 0 Å². The minimum Gasteiger partial charge on any atom is -0.473 e. The Kier molecular flexibility index (Phi) is 13.7. The van der Waals surface area contributed by atoms with E-state index >= 15 is 0 Å². The van der Waals surface area contributed by atoms with Crippen LogP contribution < -0.4 is 0 Å². The quantitative estimate of drug-likeness (QED) is 0.274. The van der Waals surface area contributed by atoms with Crippen LogP contribution in [0.4, 0.5) is 0 Å². The zero-order valence-corrected chi connectivity index (χ0v) is 11.3. The Bertz CT molecular complexity index is 220. The summed E-state index contributed by atoms with van der Waals surface area (Å²) in [5.41, 5.74) is 0. The van der Waals surface area contributed by atoms with Gasteiger partial charge in [0, 0.05) is 0 Å². The van der Waals surface area contributed by atoms with Gasteiger partial charge in [0.1, 0.15) is 0 Å². The van der Waals surface area contributed by atoms with E-state index in [0.717, 1.165) is 12.8 Å². The molecular formula is C16H26O. The monoisotopic (exact) mass is 234 g/mol. The molecule has 0 heterocycles. The molecule has 0 aromatic heterocycles. The summed E-state index contributed by atoms with van der Waals surface area (Å²) in [5, 5.41) is 0. The standard InChI is InChI=1S/C16H26O/c1-3-5-7-9-11-13-15-17-16-14-12-10-8-6-4-2/h9-16H,3-8H2,1-2H3. The minimum atomic E-state index is 1.15. The normalized spacial score (nSPS) is 12.6. The fourth-order valence-electron chi connectivity index (χ4n) is 1.22. The van der Waals surface area contributed by atoms with Crippen molar-refractivity contribution in [1.29, 1.82) is 0 Å². The Balaban J connectivity index is 3.42. The van der Waals surface area contributed by atoms with Crippen molar-refractivity contribution in [1.82, 2.24) is 0 Å². The van der Waals surface area contributed by atoms with Crippen LogP contribution in [0.3, 0.4) is 0 Å². The van der Waals surface area contributed by atoms with E-state index in [2.05, 4.69) is 26.0 Å². The van der Waals surface area contributed by atoms with Crippen LogP contribution in [0.2, 0.25) is 0 Å². The SMILES string of the molecule is CCCCC=CC=COC=CC=CCCCC. The summed E-state index contributed by atoms with van der Waals surface area (Å²) < 4.78 is 5.18. The Labute approximate surface area is 107 Å². The molecular weight excluding hydrogens is 208 g/mol. The van der Waals surface area contributed by atoms with E-state index in [4.69, 9.17) is 4.74 Å². The molecule has 0 radical (unpaired) electrons. The minimum absolute atomic E-state index is 1.15. The van der Waals surface area contributed by atoms with Crippen LogP contribution >= 0.6 is 0 Å². The van der Waals surface area contributed by atoms with Gasteiger partial charge in [0.2, 0.25) is 0 Å². The van der Waals surface area contributed by atoms with E-state index < -0.39 is 0 Å². The molecule has 0 fully saturated rings. The summed E-state index contributed by atoms with van der Waals surface area (Å²) in [5.74, 6) is 0. The largest absolute Gasteiger partial charge is 0.473 e. The predicted molar refractivity (Wildman–Crippen MR) is 76.7 cm³/mol. The zero-order valence-electron chi connectivity index (χ0n) is 11.3. The van der Waals surface area contributed by atoms with Gasteiger partial charge < -0.3 is 4.74 Å². The van der Waals surface area contributed by atoms with Crippen molar-refractivity contribution in [2.24, 2.45) is 0 Å². The average molecular weight is 234 g/mol. The van der Waals surface area contributed by atoms with Crippen molar-refractivity contribution in [3.63, 3.8) is 0 Å². The van der Waals surface area contributed by atoms with Crippen molar-refractivity contribution >= 4 is 0 Å². The number of hydrogen-bond acceptors (Lipinski definition) is 1. The Morgan fingerprint density at radius 2 is 1.18 bits per heavy atom. The maximum atomic E-state index is 5.18. The van der Waals surface area contributed by atoms with Gasteiger partial charge in [-0.05, 0) is 25.0 Å². The molecule has 0 aromatic rings. The second-order valence-electron chi connectivity index (χ2n) is 3.93.